The lowest BCUT2D eigenvalue weighted by Gasteiger charge is -2.33. The van der Waals surface area contributed by atoms with Gasteiger partial charge in [-0.25, -0.2) is 0 Å². The number of nitrogens with one attached hydrogen (secondary N) is 1. The van der Waals surface area contributed by atoms with E-state index in [1.54, 1.807) is 38.3 Å². The molecule has 1 aromatic carbocycles. The van der Waals surface area contributed by atoms with E-state index in [-0.39, 0.29) is 11.9 Å². The van der Waals surface area contributed by atoms with Crippen molar-refractivity contribution in [2.45, 2.75) is 52.2 Å². The number of aliphatic imine (C=N–C) groups is 1. The number of piperidine rings is 1. The molecule has 2 N–H and O–H groups in total. The van der Waals surface area contributed by atoms with E-state index >= 15 is 0 Å². The lowest BCUT2D eigenvalue weighted by molar-refractivity contribution is -0.120. The number of amides is 1. The fourth-order valence-corrected chi connectivity index (χ4v) is 4.25. The maximum atomic E-state index is 12.6. The number of ether oxygens (including phenoxy) is 1. The molecule has 0 aliphatic carbocycles. The van der Waals surface area contributed by atoms with Crippen molar-refractivity contribution in [1.82, 2.24) is 10.2 Å². The van der Waals surface area contributed by atoms with Crippen LogP contribution in [0.2, 0.25) is 0 Å². The zero-order chi connectivity index (χ0) is 30.5. The Morgan fingerprint density at radius 3 is 2.44 bits per heavy atom. The maximum Gasteiger partial charge on any atom is 0.224 e. The van der Waals surface area contributed by atoms with Crippen molar-refractivity contribution in [3.8, 4) is 12.8 Å². The minimum atomic E-state index is -0.520. The van der Waals surface area contributed by atoms with Crippen LogP contribution in [0.15, 0.2) is 102 Å². The van der Waals surface area contributed by atoms with Crippen molar-refractivity contribution in [2.24, 2.45) is 10.9 Å². The topological polar surface area (TPSA) is 74.2 Å². The van der Waals surface area contributed by atoms with E-state index in [1.807, 2.05) is 74.6 Å². The van der Waals surface area contributed by atoms with Crippen LogP contribution in [0.1, 0.15) is 45.6 Å². The Balaban J connectivity index is 0.00000411. The van der Waals surface area contributed by atoms with Crippen molar-refractivity contribution in [3.05, 3.63) is 103 Å². The van der Waals surface area contributed by atoms with Crippen LogP contribution in [0.3, 0.4) is 0 Å². The average molecular weight is 558 g/mol. The highest BCUT2D eigenvalue weighted by Gasteiger charge is 2.21. The summed E-state index contributed by atoms with van der Waals surface area (Å²) in [6.45, 7) is 11.8. The van der Waals surface area contributed by atoms with E-state index < -0.39 is 6.10 Å². The molecule has 0 bridgehead atoms. The zero-order valence-corrected chi connectivity index (χ0v) is 25.1. The molecular weight excluding hydrogens is 510 g/mol. The predicted octanol–water partition coefficient (Wildman–Crippen LogP) is 6.11. The van der Waals surface area contributed by atoms with Crippen LogP contribution < -0.4 is 5.32 Å². The van der Waals surface area contributed by atoms with Gasteiger partial charge in [0, 0.05) is 32.6 Å². The molecule has 1 aromatic rings. The molecule has 1 saturated heterocycles. The Bertz CT molecular complexity index is 1120. The van der Waals surface area contributed by atoms with Gasteiger partial charge >= 0.3 is 0 Å². The third-order valence-corrected chi connectivity index (χ3v) is 6.36. The molecule has 1 heterocycles. The molecule has 0 saturated carbocycles. The second-order valence-electron chi connectivity index (χ2n) is 9.67. The van der Waals surface area contributed by atoms with Crippen LogP contribution >= 0.6 is 0 Å². The molecule has 0 spiro atoms. The summed E-state index contributed by atoms with van der Waals surface area (Å²) < 4.78 is 5.96. The first-order valence-electron chi connectivity index (χ1n) is 14.1. The number of hydrogen-bond acceptors (Lipinski definition) is 4. The van der Waals surface area contributed by atoms with Crippen LogP contribution in [0.4, 0.5) is 0 Å². The number of nitrogens with zero attached hydrogens (tertiary/aromatic N) is 2. The molecule has 2 atom stereocenters. The molecule has 2 unspecified atom stereocenters. The van der Waals surface area contributed by atoms with E-state index in [9.17, 15) is 9.90 Å². The number of allylic oxidation sites excluding steroid dienone is 6. The molecule has 0 aromatic heterocycles. The van der Waals surface area contributed by atoms with Crippen LogP contribution in [-0.2, 0) is 9.53 Å². The molecule has 1 aliphatic rings. The SMILES string of the molecule is C#C.C=C/C=C(\C=C\C(C)O)OCC1CCN(C(/C=C\C(C)NC(=O)C/C=C(\C=C/C)c2ccccc2)=NC)CC1. The third kappa shape index (κ3) is 14.2. The normalized spacial score (nSPS) is 16.9. The first-order chi connectivity index (χ1) is 19.9. The number of carbonyl (C=O) groups excluding carboxylic acids is 1. The van der Waals surface area contributed by atoms with Crippen LogP contribution in [0.5, 0.6) is 0 Å². The van der Waals surface area contributed by atoms with Crippen molar-refractivity contribution in [2.75, 3.05) is 26.7 Å². The summed E-state index contributed by atoms with van der Waals surface area (Å²) in [6.07, 6.45) is 26.7. The summed E-state index contributed by atoms with van der Waals surface area (Å²) in [4.78, 5) is 19.3. The maximum absolute atomic E-state index is 12.6. The van der Waals surface area contributed by atoms with E-state index in [2.05, 4.69) is 34.6 Å². The summed E-state index contributed by atoms with van der Waals surface area (Å²) in [6, 6.07) is 9.97. The molecule has 1 aliphatic heterocycles. The smallest absolute Gasteiger partial charge is 0.224 e. The summed E-state index contributed by atoms with van der Waals surface area (Å²) in [7, 11) is 1.80. The number of terminal acetylenes is 1. The van der Waals surface area contributed by atoms with Gasteiger partial charge in [-0.15, -0.1) is 12.8 Å². The van der Waals surface area contributed by atoms with Gasteiger partial charge < -0.3 is 20.1 Å². The fraction of sp³-hybridized carbons (Fsp3) is 0.371. The largest absolute Gasteiger partial charge is 0.493 e. The van der Waals surface area contributed by atoms with Gasteiger partial charge in [-0.2, -0.15) is 0 Å². The van der Waals surface area contributed by atoms with Gasteiger partial charge in [-0.1, -0.05) is 73.4 Å². The van der Waals surface area contributed by atoms with Crippen molar-refractivity contribution in [3.63, 3.8) is 0 Å². The molecular formula is C35H47N3O3. The summed E-state index contributed by atoms with van der Waals surface area (Å²) in [5.41, 5.74) is 2.13. The van der Waals surface area contributed by atoms with Crippen molar-refractivity contribution < 1.29 is 14.6 Å². The Morgan fingerprint density at radius 1 is 1.17 bits per heavy atom. The number of amidine groups is 1. The van der Waals surface area contributed by atoms with Gasteiger partial charge in [-0.05, 0) is 68.9 Å². The molecule has 1 amide bonds. The number of carbonyl (C=O) groups is 1. The number of benzene rings is 1. The molecule has 6 heteroatoms. The predicted molar refractivity (Wildman–Crippen MR) is 173 cm³/mol. The number of aliphatic hydroxyl groups is 1. The van der Waals surface area contributed by atoms with Gasteiger partial charge in [0.25, 0.3) is 0 Å². The number of hydrogen-bond donors (Lipinski definition) is 2. The van der Waals surface area contributed by atoms with Crippen molar-refractivity contribution in [1.29, 1.82) is 0 Å². The van der Waals surface area contributed by atoms with Crippen LogP contribution in [0, 0.1) is 18.8 Å². The highest BCUT2D eigenvalue weighted by molar-refractivity contribution is 5.93. The zero-order valence-electron chi connectivity index (χ0n) is 25.1. The molecule has 2 rings (SSSR count). The Morgan fingerprint density at radius 2 is 1.85 bits per heavy atom. The first-order valence-corrected chi connectivity index (χ1v) is 14.1. The van der Waals surface area contributed by atoms with E-state index in [4.69, 9.17) is 4.74 Å². The second kappa shape index (κ2) is 20.8. The fourth-order valence-electron chi connectivity index (χ4n) is 4.25. The monoisotopic (exact) mass is 557 g/mol. The van der Waals surface area contributed by atoms with Crippen LogP contribution in [0.25, 0.3) is 5.57 Å². The summed E-state index contributed by atoms with van der Waals surface area (Å²) >= 11 is 0. The number of likely N-dealkylation sites (tertiary alicyclic amines) is 1. The minimum absolute atomic E-state index is 0.0194. The summed E-state index contributed by atoms with van der Waals surface area (Å²) in [5, 5.41) is 12.5. The van der Waals surface area contributed by atoms with Gasteiger partial charge in [-0.3, -0.25) is 9.79 Å². The summed E-state index contributed by atoms with van der Waals surface area (Å²) in [5.74, 6) is 2.05. The van der Waals surface area contributed by atoms with Crippen LogP contribution in [-0.4, -0.2) is 60.6 Å². The molecule has 41 heavy (non-hydrogen) atoms. The Hall–Kier alpha value is -4.08. The molecule has 0 radical (unpaired) electrons. The molecule has 1 fully saturated rings. The Kier molecular flexibility index (Phi) is 17.7. The average Bonchev–Trinajstić information content (AvgIpc) is 2.99. The van der Waals surface area contributed by atoms with Gasteiger partial charge in [0.2, 0.25) is 5.91 Å². The second-order valence-corrected chi connectivity index (χ2v) is 9.67. The highest BCUT2D eigenvalue weighted by atomic mass is 16.5. The lowest BCUT2D eigenvalue weighted by atomic mass is 9.97. The highest BCUT2D eigenvalue weighted by Crippen LogP contribution is 2.20. The number of rotatable bonds is 13. The van der Waals surface area contributed by atoms with E-state index in [0.717, 1.165) is 42.9 Å². The van der Waals surface area contributed by atoms with Gasteiger partial charge in [0.15, 0.2) is 0 Å². The minimum Gasteiger partial charge on any atom is -0.493 e. The lowest BCUT2D eigenvalue weighted by Crippen LogP contribution is -2.39. The Labute approximate surface area is 247 Å². The van der Waals surface area contributed by atoms with Gasteiger partial charge in [0.1, 0.15) is 11.6 Å². The molecule has 220 valence electrons. The quantitative estimate of drug-likeness (QED) is 0.101. The first kappa shape index (κ1) is 34.9. The van der Waals surface area contributed by atoms with E-state index in [0.29, 0.717) is 24.7 Å². The standard InChI is InChI=1S/C33H45N3O3.C2H2/c1-6-11-29(30-13-9-8-10-14-30)17-20-33(38)35-26(3)15-19-32(34-5)36-23-21-28(22-24-36)25-39-31(12-7-2)18-16-27(4)37;1-2/h6-19,26-28,37H,2,20-25H2,1,3-5H3,(H,35,38);1-2H/b11-6-,18-16+,19-15-,29-17+,31-12+,34-32?;. The molecule has 6 nitrogen and oxygen atoms in total. The van der Waals surface area contributed by atoms with Crippen molar-refractivity contribution >= 4 is 17.3 Å². The third-order valence-electron chi connectivity index (χ3n) is 6.36. The van der Waals surface area contributed by atoms with E-state index in [1.165, 1.54) is 0 Å². The van der Waals surface area contributed by atoms with Gasteiger partial charge in [0.05, 0.1) is 12.7 Å². The number of aliphatic hydroxyl groups excluding tert-OH is 1.